The van der Waals surface area contributed by atoms with Crippen molar-refractivity contribution in [1.29, 1.82) is 0 Å². The Morgan fingerprint density at radius 2 is 1.67 bits per heavy atom. The molecular weight excluding hydrogens is 362 g/mol. The molecule has 1 aromatic heterocycles. The zero-order valence-electron chi connectivity index (χ0n) is 14.2. The van der Waals surface area contributed by atoms with Crippen molar-refractivity contribution in [2.45, 2.75) is 12.8 Å². The molecule has 0 fully saturated rings. The molecule has 8 heteroatoms. The Kier molecular flexibility index (Phi) is 5.25. The molecule has 0 atom stereocenters. The third kappa shape index (κ3) is 4.33. The molecule has 0 spiro atoms. The van der Waals surface area contributed by atoms with Crippen molar-refractivity contribution < 1.29 is 22.3 Å². The van der Waals surface area contributed by atoms with Crippen LogP contribution in [-0.4, -0.2) is 17.0 Å². The Morgan fingerprint density at radius 1 is 1.00 bits per heavy atom. The van der Waals surface area contributed by atoms with Gasteiger partial charge in [0.2, 0.25) is 11.8 Å². The Balaban J connectivity index is 1.94. The number of para-hydroxylation sites is 1. The number of benzene rings is 2. The van der Waals surface area contributed by atoms with E-state index in [1.165, 1.54) is 30.1 Å². The minimum Gasteiger partial charge on any atom is -0.472 e. The van der Waals surface area contributed by atoms with Crippen LogP contribution in [-0.2, 0) is 12.8 Å². The van der Waals surface area contributed by atoms with E-state index in [1.54, 1.807) is 36.4 Å². The Bertz CT molecular complexity index is 916. The number of hydrogen-bond acceptors (Lipinski definition) is 4. The van der Waals surface area contributed by atoms with Crippen molar-refractivity contribution in [2.24, 2.45) is 0 Å². The van der Waals surface area contributed by atoms with Gasteiger partial charge >= 0.3 is 6.18 Å². The van der Waals surface area contributed by atoms with E-state index in [2.05, 4.69) is 9.97 Å². The summed E-state index contributed by atoms with van der Waals surface area (Å²) in [5.41, 5.74) is -0.274. The SMILES string of the molecule is CN(c1ncc(C(F)(F)F)c(OCc2ccccc2)n1)c1ccccc1F. The molecule has 0 unspecified atom stereocenters. The molecule has 0 aliphatic heterocycles. The van der Waals surface area contributed by atoms with Crippen molar-refractivity contribution in [3.8, 4) is 5.88 Å². The Hall–Kier alpha value is -3.16. The van der Waals surface area contributed by atoms with Crippen LogP contribution in [0.5, 0.6) is 5.88 Å². The van der Waals surface area contributed by atoms with Crippen LogP contribution in [0, 0.1) is 5.82 Å². The van der Waals surface area contributed by atoms with E-state index in [-0.39, 0.29) is 18.2 Å². The Labute approximate surface area is 153 Å². The van der Waals surface area contributed by atoms with Crippen LogP contribution in [0.3, 0.4) is 0 Å². The number of nitrogens with zero attached hydrogens (tertiary/aromatic N) is 3. The highest BCUT2D eigenvalue weighted by Gasteiger charge is 2.36. The van der Waals surface area contributed by atoms with Gasteiger partial charge in [0.15, 0.2) is 0 Å². The molecule has 1 heterocycles. The maximum Gasteiger partial charge on any atom is 0.423 e. The zero-order valence-corrected chi connectivity index (χ0v) is 14.2. The molecule has 0 saturated carbocycles. The van der Waals surface area contributed by atoms with Gasteiger partial charge < -0.3 is 9.64 Å². The molecule has 0 radical (unpaired) electrons. The van der Waals surface area contributed by atoms with E-state index in [1.807, 2.05) is 0 Å². The molecule has 3 rings (SSSR count). The molecule has 27 heavy (non-hydrogen) atoms. The van der Waals surface area contributed by atoms with Gasteiger partial charge in [-0.25, -0.2) is 9.37 Å². The predicted molar refractivity (Wildman–Crippen MR) is 92.3 cm³/mol. The van der Waals surface area contributed by atoms with Crippen LogP contribution in [0.15, 0.2) is 60.8 Å². The first kappa shape index (κ1) is 18.6. The second kappa shape index (κ2) is 7.61. The number of ether oxygens (including phenoxy) is 1. The monoisotopic (exact) mass is 377 g/mol. The first-order valence-corrected chi connectivity index (χ1v) is 7.95. The second-order valence-electron chi connectivity index (χ2n) is 5.67. The van der Waals surface area contributed by atoms with E-state index in [4.69, 9.17) is 4.74 Å². The summed E-state index contributed by atoms with van der Waals surface area (Å²) in [6.45, 7) is -0.0935. The highest BCUT2D eigenvalue weighted by molar-refractivity contribution is 5.57. The average molecular weight is 377 g/mol. The fourth-order valence-corrected chi connectivity index (χ4v) is 2.38. The fourth-order valence-electron chi connectivity index (χ4n) is 2.38. The zero-order chi connectivity index (χ0) is 19.4. The molecule has 140 valence electrons. The van der Waals surface area contributed by atoms with Gasteiger partial charge in [0.25, 0.3) is 0 Å². The highest BCUT2D eigenvalue weighted by atomic mass is 19.4. The van der Waals surface area contributed by atoms with Gasteiger partial charge in [0.1, 0.15) is 18.0 Å². The minimum absolute atomic E-state index is 0.0935. The van der Waals surface area contributed by atoms with Crippen LogP contribution in [0.1, 0.15) is 11.1 Å². The van der Waals surface area contributed by atoms with Gasteiger partial charge in [-0.3, -0.25) is 0 Å². The van der Waals surface area contributed by atoms with Gasteiger partial charge in [-0.2, -0.15) is 18.2 Å². The molecule has 2 aromatic carbocycles. The molecule has 3 aromatic rings. The lowest BCUT2D eigenvalue weighted by atomic mass is 10.2. The molecule has 0 amide bonds. The molecule has 4 nitrogen and oxygen atoms in total. The first-order valence-electron chi connectivity index (χ1n) is 7.95. The third-order valence-corrected chi connectivity index (χ3v) is 3.78. The quantitative estimate of drug-likeness (QED) is 0.588. The standard InChI is InChI=1S/C19H15F4N3O/c1-26(16-10-6-5-9-15(16)20)18-24-11-14(19(21,22)23)17(25-18)27-12-13-7-3-2-4-8-13/h2-11H,12H2,1H3. The lowest BCUT2D eigenvalue weighted by Crippen LogP contribution is -2.18. The van der Waals surface area contributed by atoms with E-state index in [9.17, 15) is 17.6 Å². The number of aromatic nitrogens is 2. The minimum atomic E-state index is -4.68. The largest absolute Gasteiger partial charge is 0.472 e. The lowest BCUT2D eigenvalue weighted by Gasteiger charge is -2.20. The van der Waals surface area contributed by atoms with Crippen molar-refractivity contribution in [1.82, 2.24) is 9.97 Å². The van der Waals surface area contributed by atoms with Gasteiger partial charge in [-0.05, 0) is 17.7 Å². The molecule has 0 aliphatic rings. The summed E-state index contributed by atoms with van der Waals surface area (Å²) in [5, 5.41) is 0. The summed E-state index contributed by atoms with van der Waals surface area (Å²) in [6.07, 6.45) is -4.04. The highest BCUT2D eigenvalue weighted by Crippen LogP contribution is 2.36. The normalized spacial score (nSPS) is 11.3. The summed E-state index contributed by atoms with van der Waals surface area (Å²) < 4.78 is 59.1. The molecule has 0 saturated heterocycles. The second-order valence-corrected chi connectivity index (χ2v) is 5.67. The maximum absolute atomic E-state index is 14.0. The summed E-state index contributed by atoms with van der Waals surface area (Å²) in [4.78, 5) is 8.86. The van der Waals surface area contributed by atoms with Crippen molar-refractivity contribution in [3.05, 3.63) is 77.7 Å². The average Bonchev–Trinajstić information content (AvgIpc) is 2.66. The van der Waals surface area contributed by atoms with Crippen LogP contribution in [0.25, 0.3) is 0 Å². The number of hydrogen-bond donors (Lipinski definition) is 0. The van der Waals surface area contributed by atoms with Gasteiger partial charge in [-0.15, -0.1) is 0 Å². The smallest absolute Gasteiger partial charge is 0.423 e. The van der Waals surface area contributed by atoms with Gasteiger partial charge in [-0.1, -0.05) is 42.5 Å². The maximum atomic E-state index is 14.0. The predicted octanol–water partition coefficient (Wildman–Crippen LogP) is 4.98. The number of alkyl halides is 3. The van der Waals surface area contributed by atoms with E-state index < -0.39 is 23.4 Å². The number of anilines is 2. The summed E-state index contributed by atoms with van der Waals surface area (Å²) in [7, 11) is 1.46. The van der Waals surface area contributed by atoms with Crippen molar-refractivity contribution >= 4 is 11.6 Å². The van der Waals surface area contributed by atoms with Crippen molar-refractivity contribution in [3.63, 3.8) is 0 Å². The van der Waals surface area contributed by atoms with Crippen LogP contribution in [0.2, 0.25) is 0 Å². The van der Waals surface area contributed by atoms with Crippen LogP contribution >= 0.6 is 0 Å². The third-order valence-electron chi connectivity index (χ3n) is 3.78. The van der Waals surface area contributed by atoms with E-state index >= 15 is 0 Å². The topological polar surface area (TPSA) is 38.2 Å². The number of rotatable bonds is 5. The molecular formula is C19H15F4N3O. The van der Waals surface area contributed by atoms with Crippen molar-refractivity contribution in [2.75, 3.05) is 11.9 Å². The molecule has 0 bridgehead atoms. The van der Waals surface area contributed by atoms with Gasteiger partial charge in [0.05, 0.1) is 5.69 Å². The van der Waals surface area contributed by atoms with E-state index in [0.717, 1.165) is 0 Å². The van der Waals surface area contributed by atoms with Gasteiger partial charge in [0, 0.05) is 13.2 Å². The summed E-state index contributed by atoms with van der Waals surface area (Å²) in [6, 6.07) is 14.6. The molecule has 0 aliphatic carbocycles. The lowest BCUT2D eigenvalue weighted by molar-refractivity contribution is -0.139. The Morgan fingerprint density at radius 3 is 2.33 bits per heavy atom. The molecule has 0 N–H and O–H groups in total. The van der Waals surface area contributed by atoms with E-state index in [0.29, 0.717) is 11.8 Å². The van der Waals surface area contributed by atoms with Crippen LogP contribution in [0.4, 0.5) is 29.2 Å². The summed E-state index contributed by atoms with van der Waals surface area (Å²) in [5.74, 6) is -1.27. The number of halogens is 4. The first-order chi connectivity index (χ1) is 12.9. The van der Waals surface area contributed by atoms with Crippen LogP contribution < -0.4 is 9.64 Å². The summed E-state index contributed by atoms with van der Waals surface area (Å²) >= 11 is 0. The fraction of sp³-hybridized carbons (Fsp3) is 0.158.